The van der Waals surface area contributed by atoms with E-state index in [1.165, 1.54) is 16.5 Å². The van der Waals surface area contributed by atoms with Crippen molar-refractivity contribution in [3.63, 3.8) is 0 Å². The number of nitrogens with one attached hydrogen (secondary N) is 1. The van der Waals surface area contributed by atoms with Gasteiger partial charge in [0.05, 0.1) is 5.01 Å². The topological polar surface area (TPSA) is 69.5 Å². The molecule has 0 unspecified atom stereocenters. The number of nitrogens with zero attached hydrogens (tertiary/aromatic N) is 6. The molecule has 1 saturated heterocycles. The van der Waals surface area contributed by atoms with Crippen molar-refractivity contribution in [2.45, 2.75) is 46.5 Å². The van der Waals surface area contributed by atoms with E-state index in [1.54, 1.807) is 11.3 Å². The second kappa shape index (κ2) is 10.7. The zero-order chi connectivity index (χ0) is 19.8. The molecule has 0 atom stereocenters. The van der Waals surface area contributed by atoms with Gasteiger partial charge in [-0.2, -0.15) is 4.37 Å². The van der Waals surface area contributed by atoms with Crippen molar-refractivity contribution in [3.05, 3.63) is 21.9 Å². The van der Waals surface area contributed by atoms with E-state index in [4.69, 9.17) is 4.99 Å². The van der Waals surface area contributed by atoms with Crippen molar-refractivity contribution in [1.82, 2.24) is 24.6 Å². The van der Waals surface area contributed by atoms with E-state index in [9.17, 15) is 0 Å². The molecule has 3 rings (SSSR count). The molecule has 1 aliphatic heterocycles. The fraction of sp³-hybridized carbons (Fsp3) is 0.684. The van der Waals surface area contributed by atoms with Crippen LogP contribution in [-0.2, 0) is 12.8 Å². The number of guanidine groups is 1. The first-order valence-corrected chi connectivity index (χ1v) is 11.9. The number of piperazine rings is 1. The van der Waals surface area contributed by atoms with Crippen LogP contribution in [0, 0.1) is 6.92 Å². The lowest BCUT2D eigenvalue weighted by Gasteiger charge is -2.36. The molecule has 1 N–H and O–H groups in total. The Bertz CT molecular complexity index is 747. The molecule has 0 radical (unpaired) electrons. The van der Waals surface area contributed by atoms with E-state index >= 15 is 0 Å². The first-order valence-electron chi connectivity index (χ1n) is 10.2. The number of rotatable bonds is 8. The van der Waals surface area contributed by atoms with Gasteiger partial charge >= 0.3 is 0 Å². The van der Waals surface area contributed by atoms with Crippen LogP contribution in [0.25, 0.3) is 0 Å². The number of aliphatic imine (C=N–C) groups is 1. The Balaban J connectivity index is 1.44. The average Bonchev–Trinajstić information content (AvgIpc) is 3.36. The zero-order valence-corrected chi connectivity index (χ0v) is 18.8. The summed E-state index contributed by atoms with van der Waals surface area (Å²) in [7, 11) is 0. The molecule has 9 heteroatoms. The lowest BCUT2D eigenvalue weighted by molar-refractivity contribution is 0.372. The van der Waals surface area contributed by atoms with Gasteiger partial charge in [0.2, 0.25) is 5.13 Å². The number of aromatic nitrogens is 3. The first-order chi connectivity index (χ1) is 13.7. The number of hydrogen-bond donors (Lipinski definition) is 1. The molecular formula is C19H31N7S2. The lowest BCUT2D eigenvalue weighted by Crippen LogP contribution is -2.52. The highest BCUT2D eigenvalue weighted by Crippen LogP contribution is 2.19. The Morgan fingerprint density at radius 3 is 2.64 bits per heavy atom. The Morgan fingerprint density at radius 1 is 1.18 bits per heavy atom. The van der Waals surface area contributed by atoms with E-state index < -0.39 is 0 Å². The quantitative estimate of drug-likeness (QED) is 0.401. The van der Waals surface area contributed by atoms with Crippen LogP contribution in [0.4, 0.5) is 5.13 Å². The van der Waals surface area contributed by atoms with E-state index in [0.717, 1.165) is 87.6 Å². The summed E-state index contributed by atoms with van der Waals surface area (Å²) in [5.41, 5.74) is 1.13. The van der Waals surface area contributed by atoms with Crippen LogP contribution in [-0.4, -0.2) is 64.5 Å². The van der Waals surface area contributed by atoms with Crippen molar-refractivity contribution < 1.29 is 0 Å². The largest absolute Gasteiger partial charge is 0.357 e. The predicted octanol–water partition coefficient (Wildman–Crippen LogP) is 2.98. The summed E-state index contributed by atoms with van der Waals surface area (Å²) in [5, 5.41) is 7.87. The molecule has 0 aliphatic carbocycles. The van der Waals surface area contributed by atoms with E-state index in [0.29, 0.717) is 0 Å². The van der Waals surface area contributed by atoms with Crippen LogP contribution < -0.4 is 10.2 Å². The fourth-order valence-corrected chi connectivity index (χ4v) is 4.76. The summed E-state index contributed by atoms with van der Waals surface area (Å²) in [6.07, 6.45) is 4.19. The van der Waals surface area contributed by atoms with Crippen molar-refractivity contribution in [2.24, 2.45) is 4.99 Å². The molecule has 2 aromatic rings. The third-order valence-electron chi connectivity index (χ3n) is 4.69. The molecule has 0 amide bonds. The standard InChI is InChI=1S/C19H31N7S2/c1-4-16-23-19(28-24-16)26-12-10-25(11-13-26)18(20-5-2)21-9-7-6-8-17-22-15(3)14-27-17/h14H,4-13H2,1-3H3,(H,20,21). The maximum atomic E-state index is 4.86. The average molecular weight is 422 g/mol. The summed E-state index contributed by atoms with van der Waals surface area (Å²) in [4.78, 5) is 18.7. The zero-order valence-electron chi connectivity index (χ0n) is 17.1. The maximum Gasteiger partial charge on any atom is 0.205 e. The monoisotopic (exact) mass is 421 g/mol. The van der Waals surface area contributed by atoms with Gasteiger partial charge in [-0.15, -0.1) is 11.3 Å². The van der Waals surface area contributed by atoms with Gasteiger partial charge in [-0.3, -0.25) is 4.99 Å². The SMILES string of the molecule is CCNC(=NCCCCc1nc(C)cs1)N1CCN(c2nc(CC)ns2)CC1. The van der Waals surface area contributed by atoms with Crippen LogP contribution in [0.3, 0.4) is 0 Å². The number of anilines is 1. The smallest absolute Gasteiger partial charge is 0.205 e. The molecule has 7 nitrogen and oxygen atoms in total. The summed E-state index contributed by atoms with van der Waals surface area (Å²) in [5.74, 6) is 1.99. The van der Waals surface area contributed by atoms with Gasteiger partial charge in [-0.1, -0.05) is 6.92 Å². The highest BCUT2D eigenvalue weighted by molar-refractivity contribution is 7.09. The third kappa shape index (κ3) is 5.88. The molecule has 0 spiro atoms. The number of thiazole rings is 1. The highest BCUT2D eigenvalue weighted by Gasteiger charge is 2.21. The lowest BCUT2D eigenvalue weighted by atomic mass is 10.2. The Hall–Kier alpha value is -1.74. The Labute approximate surface area is 176 Å². The molecule has 0 aromatic carbocycles. The van der Waals surface area contributed by atoms with Gasteiger partial charge in [-0.05, 0) is 33.1 Å². The van der Waals surface area contributed by atoms with Crippen LogP contribution in [0.15, 0.2) is 10.4 Å². The van der Waals surface area contributed by atoms with Gasteiger partial charge in [0.15, 0.2) is 5.96 Å². The van der Waals surface area contributed by atoms with Crippen molar-refractivity contribution in [2.75, 3.05) is 44.2 Å². The third-order valence-corrected chi connectivity index (χ3v) is 6.53. The van der Waals surface area contributed by atoms with Gasteiger partial charge in [-0.25, -0.2) is 9.97 Å². The fourth-order valence-electron chi connectivity index (χ4n) is 3.14. The normalized spacial score (nSPS) is 15.3. The Morgan fingerprint density at radius 2 is 2.00 bits per heavy atom. The van der Waals surface area contributed by atoms with Crippen molar-refractivity contribution in [1.29, 1.82) is 0 Å². The number of aryl methyl sites for hydroxylation is 3. The molecule has 2 aromatic heterocycles. The molecule has 0 saturated carbocycles. The summed E-state index contributed by atoms with van der Waals surface area (Å²) < 4.78 is 4.41. The Kier molecular flexibility index (Phi) is 8.02. The minimum Gasteiger partial charge on any atom is -0.357 e. The summed E-state index contributed by atoms with van der Waals surface area (Å²) in [6.45, 7) is 11.9. The molecule has 3 heterocycles. The number of unbranched alkanes of at least 4 members (excludes halogenated alkanes) is 1. The van der Waals surface area contributed by atoms with Crippen LogP contribution in [0.1, 0.15) is 43.2 Å². The van der Waals surface area contributed by atoms with Crippen LogP contribution in [0.2, 0.25) is 0 Å². The summed E-state index contributed by atoms with van der Waals surface area (Å²) in [6, 6.07) is 0. The predicted molar refractivity (Wildman–Crippen MR) is 119 cm³/mol. The minimum atomic E-state index is 0.864. The van der Waals surface area contributed by atoms with Gasteiger partial charge in [0.1, 0.15) is 5.82 Å². The molecule has 154 valence electrons. The molecular weight excluding hydrogens is 390 g/mol. The highest BCUT2D eigenvalue weighted by atomic mass is 32.1. The van der Waals surface area contributed by atoms with Crippen LogP contribution >= 0.6 is 22.9 Å². The molecule has 1 aliphatic rings. The van der Waals surface area contributed by atoms with Crippen molar-refractivity contribution in [3.8, 4) is 0 Å². The van der Waals surface area contributed by atoms with Crippen molar-refractivity contribution >= 4 is 34.0 Å². The summed E-state index contributed by atoms with van der Waals surface area (Å²) >= 11 is 3.28. The maximum absolute atomic E-state index is 4.86. The van der Waals surface area contributed by atoms with E-state index in [1.807, 2.05) is 0 Å². The van der Waals surface area contributed by atoms with E-state index in [2.05, 4.69) is 55.6 Å². The van der Waals surface area contributed by atoms with Crippen LogP contribution in [0.5, 0.6) is 0 Å². The van der Waals surface area contributed by atoms with Gasteiger partial charge < -0.3 is 15.1 Å². The second-order valence-electron chi connectivity index (χ2n) is 6.90. The van der Waals surface area contributed by atoms with Gasteiger partial charge in [0.25, 0.3) is 0 Å². The molecule has 1 fully saturated rings. The molecule has 0 bridgehead atoms. The van der Waals surface area contributed by atoms with Gasteiger partial charge in [0, 0.05) is 68.3 Å². The van der Waals surface area contributed by atoms with E-state index in [-0.39, 0.29) is 0 Å². The molecule has 28 heavy (non-hydrogen) atoms. The minimum absolute atomic E-state index is 0.864. The number of hydrogen-bond acceptors (Lipinski definition) is 7. The first kappa shape index (κ1) is 21.0. The second-order valence-corrected chi connectivity index (χ2v) is 8.57.